The zero-order chi connectivity index (χ0) is 24.1. The molecule has 0 saturated heterocycles. The Balaban J connectivity index is 1.77. The average Bonchev–Trinajstić information content (AvgIpc) is 2.77. The molecular formula is C27H30O6. The minimum atomic E-state index is -0.802. The molecule has 174 valence electrons. The van der Waals surface area contributed by atoms with Crippen molar-refractivity contribution in [3.05, 3.63) is 70.4 Å². The number of carbonyl (C=O) groups is 2. The highest BCUT2D eigenvalue weighted by atomic mass is 16.5. The van der Waals surface area contributed by atoms with E-state index in [2.05, 4.69) is 0 Å². The third kappa shape index (κ3) is 3.62. The number of phenols is 2. The van der Waals surface area contributed by atoms with Crippen LogP contribution in [0, 0.1) is 16.7 Å². The second kappa shape index (κ2) is 8.03. The topological polar surface area (TPSA) is 104 Å². The molecule has 4 rings (SSSR count). The SMILES string of the molecule is CC(C)C1=CC2=CC=C3[C@@](C)(CO)CC[C@H](OC(=O)c4ccc(O)c(O)c4)[C@]3(C)C2=CC1=O. The highest BCUT2D eigenvalue weighted by Crippen LogP contribution is 2.59. The van der Waals surface area contributed by atoms with Gasteiger partial charge in [0.1, 0.15) is 6.10 Å². The van der Waals surface area contributed by atoms with Crippen molar-refractivity contribution < 1.29 is 29.6 Å². The van der Waals surface area contributed by atoms with Crippen molar-refractivity contribution in [3.63, 3.8) is 0 Å². The third-order valence-electron chi connectivity index (χ3n) is 7.41. The summed E-state index contributed by atoms with van der Waals surface area (Å²) in [6.07, 6.45) is 8.09. The highest BCUT2D eigenvalue weighted by molar-refractivity contribution is 6.07. The minimum absolute atomic E-state index is 0.0515. The standard InChI is InChI=1S/C27H30O6/c1-15(2)18-11-16-6-8-23-26(3,14-28)10-9-24(27(23,4)19(16)13-21(18)30)33-25(32)17-5-7-20(29)22(31)12-17/h5-8,11-13,15,24,28-29,31H,9-10,14H2,1-4H3/t24-,26+,27+/m0/s1. The van der Waals surface area contributed by atoms with Crippen molar-refractivity contribution in [1.29, 1.82) is 0 Å². The van der Waals surface area contributed by atoms with Gasteiger partial charge in [-0.25, -0.2) is 4.79 Å². The van der Waals surface area contributed by atoms with Gasteiger partial charge in [-0.15, -0.1) is 0 Å². The molecule has 0 spiro atoms. The lowest BCUT2D eigenvalue weighted by atomic mass is 9.52. The van der Waals surface area contributed by atoms with Crippen LogP contribution < -0.4 is 0 Å². The Labute approximate surface area is 193 Å². The van der Waals surface area contributed by atoms with Crippen LogP contribution in [0.2, 0.25) is 0 Å². The lowest BCUT2D eigenvalue weighted by Gasteiger charge is -2.53. The second-order valence-corrected chi connectivity index (χ2v) is 9.94. The van der Waals surface area contributed by atoms with Gasteiger partial charge in [0.05, 0.1) is 17.6 Å². The van der Waals surface area contributed by atoms with Crippen molar-refractivity contribution in [1.82, 2.24) is 0 Å². The Morgan fingerprint density at radius 2 is 1.88 bits per heavy atom. The zero-order valence-electron chi connectivity index (χ0n) is 19.4. The van der Waals surface area contributed by atoms with E-state index in [9.17, 15) is 24.9 Å². The quantitative estimate of drug-likeness (QED) is 0.465. The first kappa shape index (κ1) is 23.1. The van der Waals surface area contributed by atoms with Crippen LogP contribution in [-0.2, 0) is 9.53 Å². The Morgan fingerprint density at radius 3 is 2.52 bits per heavy atom. The van der Waals surface area contributed by atoms with Crippen LogP contribution in [0.4, 0.5) is 0 Å². The van der Waals surface area contributed by atoms with Crippen LogP contribution in [-0.4, -0.2) is 39.8 Å². The largest absolute Gasteiger partial charge is 0.504 e. The Hall–Kier alpha value is -3.12. The smallest absolute Gasteiger partial charge is 0.338 e. The molecule has 3 N–H and O–H groups in total. The van der Waals surface area contributed by atoms with Crippen LogP contribution >= 0.6 is 0 Å². The van der Waals surface area contributed by atoms with Gasteiger partial charge in [0, 0.05) is 11.0 Å². The van der Waals surface area contributed by atoms with Gasteiger partial charge in [-0.05, 0) is 72.8 Å². The molecular weight excluding hydrogens is 420 g/mol. The molecule has 0 aliphatic heterocycles. The summed E-state index contributed by atoms with van der Waals surface area (Å²) in [6, 6.07) is 3.81. The van der Waals surface area contributed by atoms with E-state index in [1.54, 1.807) is 6.08 Å². The molecule has 3 aliphatic rings. The normalized spacial score (nSPS) is 28.8. The molecule has 0 aromatic heterocycles. The number of hydrogen-bond donors (Lipinski definition) is 3. The summed E-state index contributed by atoms with van der Waals surface area (Å²) >= 11 is 0. The van der Waals surface area contributed by atoms with E-state index >= 15 is 0 Å². The number of ketones is 1. The van der Waals surface area contributed by atoms with Crippen molar-refractivity contribution in [2.45, 2.75) is 46.6 Å². The monoisotopic (exact) mass is 450 g/mol. The Kier molecular flexibility index (Phi) is 5.61. The minimum Gasteiger partial charge on any atom is -0.504 e. The fraction of sp³-hybridized carbons (Fsp3) is 0.407. The van der Waals surface area contributed by atoms with Crippen molar-refractivity contribution in [2.24, 2.45) is 16.7 Å². The molecule has 6 nitrogen and oxygen atoms in total. The van der Waals surface area contributed by atoms with Gasteiger partial charge < -0.3 is 20.1 Å². The highest BCUT2D eigenvalue weighted by Gasteiger charge is 2.55. The summed E-state index contributed by atoms with van der Waals surface area (Å²) in [5.41, 5.74) is 2.18. The van der Waals surface area contributed by atoms with Crippen LogP contribution in [0.25, 0.3) is 0 Å². The lowest BCUT2D eigenvalue weighted by molar-refractivity contribution is -0.112. The molecule has 0 radical (unpaired) electrons. The van der Waals surface area contributed by atoms with Crippen molar-refractivity contribution >= 4 is 11.8 Å². The summed E-state index contributed by atoms with van der Waals surface area (Å²) in [7, 11) is 0. The Morgan fingerprint density at radius 1 is 1.15 bits per heavy atom. The van der Waals surface area contributed by atoms with Gasteiger partial charge in [-0.1, -0.05) is 32.9 Å². The first-order chi connectivity index (χ1) is 15.5. The average molecular weight is 451 g/mol. The molecule has 3 atom stereocenters. The van der Waals surface area contributed by atoms with Crippen LogP contribution in [0.3, 0.4) is 0 Å². The summed E-state index contributed by atoms with van der Waals surface area (Å²) < 4.78 is 5.99. The number of rotatable bonds is 4. The second-order valence-electron chi connectivity index (χ2n) is 9.94. The molecule has 0 amide bonds. The molecule has 0 heterocycles. The van der Waals surface area contributed by atoms with Gasteiger partial charge in [-0.2, -0.15) is 0 Å². The number of aliphatic hydroxyl groups excluding tert-OH is 1. The molecule has 1 saturated carbocycles. The number of benzene rings is 1. The van der Waals surface area contributed by atoms with Gasteiger partial charge in [0.15, 0.2) is 17.3 Å². The number of aromatic hydroxyl groups is 2. The molecule has 1 fully saturated rings. The zero-order valence-corrected chi connectivity index (χ0v) is 19.4. The van der Waals surface area contributed by atoms with Gasteiger partial charge in [0.2, 0.25) is 0 Å². The van der Waals surface area contributed by atoms with Crippen LogP contribution in [0.5, 0.6) is 11.5 Å². The molecule has 1 aromatic rings. The summed E-state index contributed by atoms with van der Waals surface area (Å²) in [4.78, 5) is 26.0. The van der Waals surface area contributed by atoms with E-state index < -0.39 is 28.7 Å². The number of allylic oxidation sites excluding steroid dienone is 6. The predicted molar refractivity (Wildman–Crippen MR) is 124 cm³/mol. The molecule has 6 heteroatoms. The number of hydrogen-bond acceptors (Lipinski definition) is 6. The van der Waals surface area contributed by atoms with E-state index in [1.807, 2.05) is 45.9 Å². The van der Waals surface area contributed by atoms with Gasteiger partial charge in [0.25, 0.3) is 0 Å². The first-order valence-corrected chi connectivity index (χ1v) is 11.3. The maximum Gasteiger partial charge on any atom is 0.338 e. The number of phenolic OH excluding ortho intramolecular Hbond substituents is 2. The lowest BCUT2D eigenvalue weighted by Crippen LogP contribution is -2.51. The molecule has 1 aromatic carbocycles. The van der Waals surface area contributed by atoms with E-state index in [-0.39, 0.29) is 29.6 Å². The van der Waals surface area contributed by atoms with Gasteiger partial charge in [-0.3, -0.25) is 4.79 Å². The number of ether oxygens (including phenoxy) is 1. The summed E-state index contributed by atoms with van der Waals surface area (Å²) in [5.74, 6) is -1.31. The molecule has 3 aliphatic carbocycles. The third-order valence-corrected chi connectivity index (χ3v) is 7.41. The number of aliphatic hydroxyl groups is 1. The van der Waals surface area contributed by atoms with E-state index in [0.717, 1.165) is 22.3 Å². The van der Waals surface area contributed by atoms with Gasteiger partial charge >= 0.3 is 5.97 Å². The van der Waals surface area contributed by atoms with Crippen LogP contribution in [0.1, 0.15) is 50.9 Å². The first-order valence-electron chi connectivity index (χ1n) is 11.3. The maximum absolute atomic E-state index is 13.0. The van der Waals surface area contributed by atoms with Crippen molar-refractivity contribution in [2.75, 3.05) is 6.61 Å². The fourth-order valence-electron chi connectivity index (χ4n) is 5.38. The summed E-state index contributed by atoms with van der Waals surface area (Å²) in [6.45, 7) is 7.87. The maximum atomic E-state index is 13.0. The van der Waals surface area contributed by atoms with Crippen molar-refractivity contribution in [3.8, 4) is 11.5 Å². The number of fused-ring (bicyclic) bond motifs is 3. The fourth-order valence-corrected chi connectivity index (χ4v) is 5.38. The van der Waals surface area contributed by atoms with Crippen LogP contribution in [0.15, 0.2) is 64.8 Å². The Bertz CT molecular complexity index is 1150. The van der Waals surface area contributed by atoms with E-state index in [0.29, 0.717) is 12.8 Å². The molecule has 0 unspecified atom stereocenters. The predicted octanol–water partition coefficient (Wildman–Crippen LogP) is 4.38. The van der Waals surface area contributed by atoms with E-state index in [1.165, 1.54) is 18.2 Å². The molecule has 0 bridgehead atoms. The van der Waals surface area contributed by atoms with E-state index in [4.69, 9.17) is 4.74 Å². The number of esters is 1. The summed E-state index contributed by atoms with van der Waals surface area (Å²) in [5, 5.41) is 29.6. The number of carbonyl (C=O) groups excluding carboxylic acids is 2. The molecule has 33 heavy (non-hydrogen) atoms.